The molecule has 0 saturated heterocycles. The quantitative estimate of drug-likeness (QED) is 0.924. The van der Waals surface area contributed by atoms with Crippen molar-refractivity contribution in [3.05, 3.63) is 24.3 Å². The molecule has 1 saturated carbocycles. The summed E-state index contributed by atoms with van der Waals surface area (Å²) in [5.41, 5.74) is 1.01. The lowest BCUT2D eigenvalue weighted by Gasteiger charge is -2.33. The van der Waals surface area contributed by atoms with Crippen molar-refractivity contribution in [1.82, 2.24) is 0 Å². The van der Waals surface area contributed by atoms with Crippen LogP contribution in [0.2, 0.25) is 0 Å². The summed E-state index contributed by atoms with van der Waals surface area (Å²) in [5.74, 6) is 1.56. The topological polar surface area (TPSA) is 46.2 Å². The Labute approximate surface area is 116 Å². The van der Waals surface area contributed by atoms with E-state index < -0.39 is 9.84 Å². The van der Waals surface area contributed by atoms with E-state index in [1.54, 1.807) is 12.1 Å². The fourth-order valence-corrected chi connectivity index (χ4v) is 3.34. The molecule has 0 spiro atoms. The van der Waals surface area contributed by atoms with Crippen molar-refractivity contribution in [2.24, 2.45) is 11.8 Å². The summed E-state index contributed by atoms with van der Waals surface area (Å²) in [6.07, 6.45) is 4.88. The van der Waals surface area contributed by atoms with Gasteiger partial charge in [-0.1, -0.05) is 13.8 Å². The van der Waals surface area contributed by atoms with Crippen LogP contribution in [0.15, 0.2) is 29.2 Å². The van der Waals surface area contributed by atoms with Gasteiger partial charge in [0.2, 0.25) is 0 Å². The van der Waals surface area contributed by atoms with Crippen LogP contribution in [0.1, 0.15) is 33.1 Å². The van der Waals surface area contributed by atoms with Crippen molar-refractivity contribution in [2.45, 2.75) is 44.0 Å². The molecule has 1 fully saturated rings. The predicted octanol–water partition coefficient (Wildman–Crippen LogP) is 3.33. The summed E-state index contributed by atoms with van der Waals surface area (Å²) >= 11 is 0. The molecule has 0 bridgehead atoms. The lowest BCUT2D eigenvalue weighted by atomic mass is 9.79. The number of hydrogen-bond donors (Lipinski definition) is 1. The summed E-state index contributed by atoms with van der Waals surface area (Å²) in [4.78, 5) is 0.378. The number of anilines is 1. The smallest absolute Gasteiger partial charge is 0.175 e. The highest BCUT2D eigenvalue weighted by Crippen LogP contribution is 2.31. The number of benzene rings is 1. The highest BCUT2D eigenvalue weighted by molar-refractivity contribution is 7.90. The van der Waals surface area contributed by atoms with Gasteiger partial charge in [-0.2, -0.15) is 0 Å². The summed E-state index contributed by atoms with van der Waals surface area (Å²) in [6, 6.07) is 7.58. The minimum atomic E-state index is -3.10. The van der Waals surface area contributed by atoms with Crippen LogP contribution in [0.25, 0.3) is 0 Å². The van der Waals surface area contributed by atoms with E-state index in [0.29, 0.717) is 10.9 Å². The van der Waals surface area contributed by atoms with Crippen molar-refractivity contribution in [3.63, 3.8) is 0 Å². The molecule has 1 aromatic carbocycles. The van der Waals surface area contributed by atoms with Gasteiger partial charge in [0.05, 0.1) is 4.90 Å². The summed E-state index contributed by atoms with van der Waals surface area (Å²) in [6.45, 7) is 4.63. The Morgan fingerprint density at radius 1 is 1.05 bits per heavy atom. The largest absolute Gasteiger partial charge is 0.382 e. The first-order valence-corrected chi connectivity index (χ1v) is 8.82. The van der Waals surface area contributed by atoms with Gasteiger partial charge < -0.3 is 5.32 Å². The maximum Gasteiger partial charge on any atom is 0.175 e. The van der Waals surface area contributed by atoms with Crippen LogP contribution in [0.4, 0.5) is 5.69 Å². The second kappa shape index (κ2) is 5.53. The number of rotatable bonds is 3. The maximum atomic E-state index is 11.4. The van der Waals surface area contributed by atoms with Gasteiger partial charge in [0, 0.05) is 18.0 Å². The molecule has 3 nitrogen and oxygen atoms in total. The van der Waals surface area contributed by atoms with Crippen LogP contribution >= 0.6 is 0 Å². The monoisotopic (exact) mass is 281 g/mol. The van der Waals surface area contributed by atoms with E-state index in [9.17, 15) is 8.42 Å². The molecule has 106 valence electrons. The molecule has 0 amide bonds. The fourth-order valence-electron chi connectivity index (χ4n) is 2.71. The number of hydrogen-bond acceptors (Lipinski definition) is 3. The molecule has 1 aliphatic rings. The van der Waals surface area contributed by atoms with E-state index in [0.717, 1.165) is 17.5 Å². The third-order valence-corrected chi connectivity index (χ3v) is 5.38. The Balaban J connectivity index is 2.00. The molecule has 2 rings (SSSR count). The summed E-state index contributed by atoms with van der Waals surface area (Å²) in [7, 11) is -3.10. The third kappa shape index (κ3) is 3.72. The van der Waals surface area contributed by atoms with Gasteiger partial charge in [0.25, 0.3) is 0 Å². The average molecular weight is 281 g/mol. The second-order valence-electron chi connectivity index (χ2n) is 5.91. The SMILES string of the molecule is CC1CCC(Nc2ccc(S(C)(=O)=O)cc2)CC1C. The lowest BCUT2D eigenvalue weighted by Crippen LogP contribution is -2.30. The molecule has 0 radical (unpaired) electrons. The van der Waals surface area contributed by atoms with Crippen molar-refractivity contribution >= 4 is 15.5 Å². The Morgan fingerprint density at radius 3 is 2.21 bits per heavy atom. The molecular weight excluding hydrogens is 258 g/mol. The fraction of sp³-hybridized carbons (Fsp3) is 0.600. The molecule has 0 aliphatic heterocycles. The highest BCUT2D eigenvalue weighted by Gasteiger charge is 2.24. The van der Waals surface area contributed by atoms with Gasteiger partial charge >= 0.3 is 0 Å². The van der Waals surface area contributed by atoms with E-state index in [1.807, 2.05) is 12.1 Å². The normalized spacial score (nSPS) is 28.1. The van der Waals surface area contributed by atoms with Crippen LogP contribution in [0.3, 0.4) is 0 Å². The zero-order chi connectivity index (χ0) is 14.0. The molecule has 1 N–H and O–H groups in total. The van der Waals surface area contributed by atoms with Crippen molar-refractivity contribution < 1.29 is 8.42 Å². The Morgan fingerprint density at radius 2 is 1.68 bits per heavy atom. The van der Waals surface area contributed by atoms with Gasteiger partial charge in [0.15, 0.2) is 9.84 Å². The van der Waals surface area contributed by atoms with E-state index in [1.165, 1.54) is 25.5 Å². The van der Waals surface area contributed by atoms with Gasteiger partial charge in [-0.3, -0.25) is 0 Å². The van der Waals surface area contributed by atoms with Crippen LogP contribution in [0.5, 0.6) is 0 Å². The van der Waals surface area contributed by atoms with Crippen LogP contribution < -0.4 is 5.32 Å². The molecule has 1 aliphatic carbocycles. The summed E-state index contributed by atoms with van der Waals surface area (Å²) < 4.78 is 22.8. The molecule has 3 atom stereocenters. The average Bonchev–Trinajstić information content (AvgIpc) is 2.33. The first-order valence-electron chi connectivity index (χ1n) is 6.93. The zero-order valence-electron chi connectivity index (χ0n) is 11.9. The Bertz CT molecular complexity index is 522. The zero-order valence-corrected chi connectivity index (χ0v) is 12.7. The predicted molar refractivity (Wildman–Crippen MR) is 79.1 cm³/mol. The lowest BCUT2D eigenvalue weighted by molar-refractivity contribution is 0.261. The maximum absolute atomic E-state index is 11.4. The van der Waals surface area contributed by atoms with Gasteiger partial charge in [-0.05, 0) is 55.4 Å². The second-order valence-corrected chi connectivity index (χ2v) is 7.92. The first kappa shape index (κ1) is 14.4. The molecule has 3 unspecified atom stereocenters. The van der Waals surface area contributed by atoms with E-state index in [4.69, 9.17) is 0 Å². The van der Waals surface area contributed by atoms with Crippen LogP contribution in [-0.4, -0.2) is 20.7 Å². The molecule has 0 aromatic heterocycles. The van der Waals surface area contributed by atoms with Crippen molar-refractivity contribution in [3.8, 4) is 0 Å². The van der Waals surface area contributed by atoms with E-state index >= 15 is 0 Å². The van der Waals surface area contributed by atoms with E-state index in [-0.39, 0.29) is 0 Å². The van der Waals surface area contributed by atoms with Crippen LogP contribution in [-0.2, 0) is 9.84 Å². The molecule has 4 heteroatoms. The number of sulfone groups is 1. The van der Waals surface area contributed by atoms with Gasteiger partial charge in [-0.25, -0.2) is 8.42 Å². The number of nitrogens with one attached hydrogen (secondary N) is 1. The third-order valence-electron chi connectivity index (χ3n) is 4.25. The Kier molecular flexibility index (Phi) is 4.19. The minimum absolute atomic E-state index is 0.378. The summed E-state index contributed by atoms with van der Waals surface area (Å²) in [5, 5.41) is 3.52. The van der Waals surface area contributed by atoms with Crippen LogP contribution in [0, 0.1) is 11.8 Å². The standard InChI is InChI=1S/C15H23NO2S/c1-11-4-5-14(10-12(11)2)16-13-6-8-15(9-7-13)19(3,17)18/h6-9,11-12,14,16H,4-5,10H2,1-3H3. The van der Waals surface area contributed by atoms with Gasteiger partial charge in [-0.15, -0.1) is 0 Å². The van der Waals surface area contributed by atoms with E-state index in [2.05, 4.69) is 19.2 Å². The minimum Gasteiger partial charge on any atom is -0.382 e. The first-order chi connectivity index (χ1) is 8.86. The molecule has 0 heterocycles. The van der Waals surface area contributed by atoms with Crippen molar-refractivity contribution in [2.75, 3.05) is 11.6 Å². The Hall–Kier alpha value is -1.03. The molecular formula is C15H23NO2S. The molecule has 1 aromatic rings. The van der Waals surface area contributed by atoms with Crippen molar-refractivity contribution in [1.29, 1.82) is 0 Å². The van der Waals surface area contributed by atoms with Gasteiger partial charge in [0.1, 0.15) is 0 Å². The highest BCUT2D eigenvalue weighted by atomic mass is 32.2. The molecule has 19 heavy (non-hydrogen) atoms.